The SMILES string of the molecule is Cc1ccc(N2CC(N3CCCNCC3)C2)cc1Br. The number of nitrogens with zero attached hydrogens (tertiary/aromatic N) is 2. The van der Waals surface area contributed by atoms with Gasteiger partial charge in [-0.05, 0) is 44.1 Å². The van der Waals surface area contributed by atoms with E-state index in [2.05, 4.69) is 56.2 Å². The van der Waals surface area contributed by atoms with Crippen LogP contribution in [0.1, 0.15) is 12.0 Å². The highest BCUT2D eigenvalue weighted by Gasteiger charge is 2.32. The van der Waals surface area contributed by atoms with Gasteiger partial charge < -0.3 is 10.2 Å². The summed E-state index contributed by atoms with van der Waals surface area (Å²) in [7, 11) is 0. The molecule has 0 amide bonds. The summed E-state index contributed by atoms with van der Waals surface area (Å²) < 4.78 is 1.22. The molecule has 0 aliphatic carbocycles. The first-order valence-corrected chi connectivity index (χ1v) is 7.99. The Balaban J connectivity index is 1.58. The molecule has 2 aliphatic rings. The van der Waals surface area contributed by atoms with Crippen LogP contribution in [0.4, 0.5) is 5.69 Å². The van der Waals surface area contributed by atoms with Crippen molar-refractivity contribution < 1.29 is 0 Å². The molecular formula is C15H22BrN3. The van der Waals surface area contributed by atoms with E-state index in [1.807, 2.05) is 0 Å². The van der Waals surface area contributed by atoms with E-state index in [0.717, 1.165) is 12.6 Å². The van der Waals surface area contributed by atoms with Crippen LogP contribution in [0.3, 0.4) is 0 Å². The molecule has 0 aromatic heterocycles. The van der Waals surface area contributed by atoms with Crippen LogP contribution in [0.5, 0.6) is 0 Å². The molecule has 1 aromatic carbocycles. The predicted octanol–water partition coefficient (Wildman–Crippen LogP) is 2.24. The number of anilines is 1. The molecule has 0 spiro atoms. The molecule has 2 heterocycles. The van der Waals surface area contributed by atoms with Crippen LogP contribution in [0.15, 0.2) is 22.7 Å². The van der Waals surface area contributed by atoms with Gasteiger partial charge in [0.2, 0.25) is 0 Å². The van der Waals surface area contributed by atoms with Crippen LogP contribution < -0.4 is 10.2 Å². The maximum absolute atomic E-state index is 3.62. The minimum Gasteiger partial charge on any atom is -0.368 e. The molecule has 2 fully saturated rings. The maximum atomic E-state index is 3.62. The van der Waals surface area contributed by atoms with E-state index < -0.39 is 0 Å². The number of aryl methyl sites for hydroxylation is 1. The Morgan fingerprint density at radius 3 is 2.84 bits per heavy atom. The Morgan fingerprint density at radius 1 is 1.21 bits per heavy atom. The van der Waals surface area contributed by atoms with Gasteiger partial charge in [0.15, 0.2) is 0 Å². The Morgan fingerprint density at radius 2 is 2.05 bits per heavy atom. The number of hydrogen-bond acceptors (Lipinski definition) is 3. The van der Waals surface area contributed by atoms with Crippen molar-refractivity contribution in [1.82, 2.24) is 10.2 Å². The van der Waals surface area contributed by atoms with E-state index in [-0.39, 0.29) is 0 Å². The summed E-state index contributed by atoms with van der Waals surface area (Å²) in [6.07, 6.45) is 1.28. The maximum Gasteiger partial charge on any atom is 0.0447 e. The minimum absolute atomic E-state index is 0.750. The lowest BCUT2D eigenvalue weighted by Gasteiger charge is -2.46. The highest BCUT2D eigenvalue weighted by Crippen LogP contribution is 2.28. The first-order chi connectivity index (χ1) is 9.24. The van der Waals surface area contributed by atoms with Crippen molar-refractivity contribution in [3.05, 3.63) is 28.2 Å². The van der Waals surface area contributed by atoms with Gasteiger partial charge in [-0.15, -0.1) is 0 Å². The molecular weight excluding hydrogens is 302 g/mol. The van der Waals surface area contributed by atoms with Crippen LogP contribution in [0.2, 0.25) is 0 Å². The number of hydrogen-bond donors (Lipinski definition) is 1. The van der Waals surface area contributed by atoms with Crippen molar-refractivity contribution in [2.45, 2.75) is 19.4 Å². The van der Waals surface area contributed by atoms with Crippen LogP contribution in [0.25, 0.3) is 0 Å². The molecule has 0 saturated carbocycles. The molecule has 0 bridgehead atoms. The molecule has 1 aromatic rings. The molecule has 0 unspecified atom stereocenters. The van der Waals surface area contributed by atoms with Crippen molar-refractivity contribution in [3.8, 4) is 0 Å². The first-order valence-electron chi connectivity index (χ1n) is 7.20. The molecule has 0 atom stereocenters. The van der Waals surface area contributed by atoms with Crippen molar-refractivity contribution in [1.29, 1.82) is 0 Å². The lowest BCUT2D eigenvalue weighted by molar-refractivity contribution is 0.177. The van der Waals surface area contributed by atoms with E-state index in [1.165, 1.54) is 54.9 Å². The van der Waals surface area contributed by atoms with Gasteiger partial charge in [-0.1, -0.05) is 22.0 Å². The Labute approximate surface area is 124 Å². The van der Waals surface area contributed by atoms with Gasteiger partial charge in [-0.3, -0.25) is 4.90 Å². The smallest absolute Gasteiger partial charge is 0.0447 e. The largest absolute Gasteiger partial charge is 0.368 e. The molecule has 104 valence electrons. The van der Waals surface area contributed by atoms with Crippen LogP contribution >= 0.6 is 15.9 Å². The zero-order valence-corrected chi connectivity index (χ0v) is 13.1. The molecule has 3 rings (SSSR count). The lowest BCUT2D eigenvalue weighted by Crippen LogP contribution is -2.60. The quantitative estimate of drug-likeness (QED) is 0.900. The number of benzene rings is 1. The minimum atomic E-state index is 0.750. The van der Waals surface area contributed by atoms with Crippen LogP contribution in [0, 0.1) is 6.92 Å². The third-order valence-electron chi connectivity index (χ3n) is 4.27. The average molecular weight is 324 g/mol. The fourth-order valence-corrected chi connectivity index (χ4v) is 3.27. The summed E-state index contributed by atoms with van der Waals surface area (Å²) in [5.41, 5.74) is 2.65. The zero-order valence-electron chi connectivity index (χ0n) is 11.5. The summed E-state index contributed by atoms with van der Waals surface area (Å²) in [6, 6.07) is 7.43. The van der Waals surface area contributed by atoms with Gasteiger partial charge in [-0.2, -0.15) is 0 Å². The molecule has 4 heteroatoms. The van der Waals surface area contributed by atoms with E-state index >= 15 is 0 Å². The number of nitrogens with one attached hydrogen (secondary N) is 1. The third kappa shape index (κ3) is 2.96. The van der Waals surface area contributed by atoms with Crippen molar-refractivity contribution in [3.63, 3.8) is 0 Å². The highest BCUT2D eigenvalue weighted by atomic mass is 79.9. The van der Waals surface area contributed by atoms with Crippen molar-refractivity contribution in [2.24, 2.45) is 0 Å². The monoisotopic (exact) mass is 323 g/mol. The van der Waals surface area contributed by atoms with E-state index in [1.54, 1.807) is 0 Å². The van der Waals surface area contributed by atoms with Gasteiger partial charge in [0.25, 0.3) is 0 Å². The average Bonchev–Trinajstić information content (AvgIpc) is 2.61. The molecule has 2 aliphatic heterocycles. The van der Waals surface area contributed by atoms with Crippen molar-refractivity contribution >= 4 is 21.6 Å². The second-order valence-electron chi connectivity index (χ2n) is 5.63. The normalized spacial score (nSPS) is 22.1. The lowest BCUT2D eigenvalue weighted by atomic mass is 10.0. The summed E-state index contributed by atoms with van der Waals surface area (Å²) >= 11 is 3.62. The van der Waals surface area contributed by atoms with Crippen LogP contribution in [-0.2, 0) is 0 Å². The van der Waals surface area contributed by atoms with Gasteiger partial charge in [0, 0.05) is 42.4 Å². The molecule has 1 N–H and O–H groups in total. The van der Waals surface area contributed by atoms with Crippen molar-refractivity contribution in [2.75, 3.05) is 44.2 Å². The Kier molecular flexibility index (Phi) is 4.10. The zero-order chi connectivity index (χ0) is 13.2. The van der Waals surface area contributed by atoms with E-state index in [9.17, 15) is 0 Å². The summed E-state index contributed by atoms with van der Waals surface area (Å²) in [5.74, 6) is 0. The number of rotatable bonds is 2. The fraction of sp³-hybridized carbons (Fsp3) is 0.600. The Bertz CT molecular complexity index is 435. The van der Waals surface area contributed by atoms with Gasteiger partial charge >= 0.3 is 0 Å². The Hall–Kier alpha value is -0.580. The van der Waals surface area contributed by atoms with Gasteiger partial charge in [-0.25, -0.2) is 0 Å². The van der Waals surface area contributed by atoms with E-state index in [0.29, 0.717) is 0 Å². The van der Waals surface area contributed by atoms with Gasteiger partial charge in [0.05, 0.1) is 0 Å². The number of halogens is 1. The second kappa shape index (κ2) is 5.81. The standard InChI is InChI=1S/C15H22BrN3/c1-12-3-4-13(9-15(12)16)19-10-14(11-19)18-7-2-5-17-6-8-18/h3-4,9,14,17H,2,5-8,10-11H2,1H3. The molecule has 2 saturated heterocycles. The highest BCUT2D eigenvalue weighted by molar-refractivity contribution is 9.10. The third-order valence-corrected chi connectivity index (χ3v) is 5.13. The summed E-state index contributed by atoms with van der Waals surface area (Å²) in [6.45, 7) is 9.27. The molecule has 3 nitrogen and oxygen atoms in total. The van der Waals surface area contributed by atoms with Gasteiger partial charge in [0.1, 0.15) is 0 Å². The predicted molar refractivity (Wildman–Crippen MR) is 83.9 cm³/mol. The van der Waals surface area contributed by atoms with Crippen LogP contribution in [-0.4, -0.2) is 50.2 Å². The summed E-state index contributed by atoms with van der Waals surface area (Å²) in [4.78, 5) is 5.13. The second-order valence-corrected chi connectivity index (χ2v) is 6.49. The fourth-order valence-electron chi connectivity index (χ4n) is 2.91. The molecule has 19 heavy (non-hydrogen) atoms. The first kappa shape index (κ1) is 13.4. The van der Waals surface area contributed by atoms with E-state index in [4.69, 9.17) is 0 Å². The summed E-state index contributed by atoms with van der Waals surface area (Å²) in [5, 5.41) is 3.48. The molecule has 0 radical (unpaired) electrons. The topological polar surface area (TPSA) is 18.5 Å².